The fraction of sp³-hybridized carbons (Fsp3) is 0.636. The van der Waals surface area contributed by atoms with Crippen LogP contribution in [0.25, 0.3) is 0 Å². The Balaban J connectivity index is 2.19. The summed E-state index contributed by atoms with van der Waals surface area (Å²) >= 11 is 1.15. The molecule has 0 unspecified atom stereocenters. The van der Waals surface area contributed by atoms with E-state index in [0.29, 0.717) is 28.1 Å². The lowest BCUT2D eigenvalue weighted by Gasteiger charge is -2.19. The Kier molecular flexibility index (Phi) is 3.87. The zero-order chi connectivity index (χ0) is 12.5. The Morgan fingerprint density at radius 1 is 1.47 bits per heavy atom. The van der Waals surface area contributed by atoms with Crippen LogP contribution >= 0.6 is 11.3 Å². The van der Waals surface area contributed by atoms with E-state index >= 15 is 0 Å². The molecule has 4 nitrogen and oxygen atoms in total. The van der Waals surface area contributed by atoms with E-state index in [9.17, 15) is 8.42 Å². The van der Waals surface area contributed by atoms with Gasteiger partial charge >= 0.3 is 0 Å². The molecule has 0 aromatic carbocycles. The van der Waals surface area contributed by atoms with Gasteiger partial charge in [-0.25, -0.2) is 8.42 Å². The molecule has 1 aliphatic rings. The van der Waals surface area contributed by atoms with E-state index in [1.54, 1.807) is 12.1 Å². The molecule has 1 aromatic rings. The van der Waals surface area contributed by atoms with Gasteiger partial charge in [0.05, 0.1) is 6.61 Å². The van der Waals surface area contributed by atoms with Gasteiger partial charge in [-0.3, -0.25) is 0 Å². The molecule has 0 amide bonds. The van der Waals surface area contributed by atoms with E-state index in [2.05, 4.69) is 0 Å². The summed E-state index contributed by atoms with van der Waals surface area (Å²) in [5.74, 6) is 0.544. The average molecular weight is 275 g/mol. The standard InChI is InChI=1S/C11H17NO3S2/c1-2-12(7-9-3-4-9)17(14,15)11-6-5-10(8-13)16-11/h5-6,9,13H,2-4,7-8H2,1H3. The number of thiophene rings is 1. The zero-order valence-electron chi connectivity index (χ0n) is 9.80. The fourth-order valence-electron chi connectivity index (χ4n) is 1.69. The molecule has 2 rings (SSSR count). The molecule has 1 heterocycles. The molecule has 1 aromatic heterocycles. The van der Waals surface area contributed by atoms with Crippen LogP contribution in [0.15, 0.2) is 16.3 Å². The third-order valence-corrected chi connectivity index (χ3v) is 6.38. The highest BCUT2D eigenvalue weighted by molar-refractivity contribution is 7.91. The first-order chi connectivity index (χ1) is 8.07. The molecule has 0 aliphatic heterocycles. The smallest absolute Gasteiger partial charge is 0.252 e. The number of hydrogen-bond acceptors (Lipinski definition) is 4. The second kappa shape index (κ2) is 5.06. The second-order valence-electron chi connectivity index (χ2n) is 4.28. The van der Waals surface area contributed by atoms with Gasteiger partial charge in [0.25, 0.3) is 10.0 Å². The second-order valence-corrected chi connectivity index (χ2v) is 7.61. The van der Waals surface area contributed by atoms with Crippen molar-refractivity contribution in [3.8, 4) is 0 Å². The van der Waals surface area contributed by atoms with Gasteiger partial charge in [-0.2, -0.15) is 4.31 Å². The summed E-state index contributed by atoms with van der Waals surface area (Å²) in [4.78, 5) is 0.686. The topological polar surface area (TPSA) is 57.6 Å². The molecular weight excluding hydrogens is 258 g/mol. The zero-order valence-corrected chi connectivity index (χ0v) is 11.4. The van der Waals surface area contributed by atoms with Gasteiger partial charge in [0.2, 0.25) is 0 Å². The van der Waals surface area contributed by atoms with E-state index in [4.69, 9.17) is 5.11 Å². The molecule has 1 N–H and O–H groups in total. The summed E-state index contributed by atoms with van der Waals surface area (Å²) in [6, 6.07) is 3.25. The van der Waals surface area contributed by atoms with E-state index in [1.807, 2.05) is 6.92 Å². The Bertz CT molecular complexity index is 477. The SMILES string of the molecule is CCN(CC1CC1)S(=O)(=O)c1ccc(CO)s1. The van der Waals surface area contributed by atoms with Crippen molar-refractivity contribution in [2.75, 3.05) is 13.1 Å². The molecule has 1 aliphatic carbocycles. The Morgan fingerprint density at radius 2 is 2.18 bits per heavy atom. The predicted octanol–water partition coefficient (Wildman–Crippen LogP) is 1.66. The molecule has 1 fully saturated rings. The number of hydrogen-bond donors (Lipinski definition) is 1. The van der Waals surface area contributed by atoms with Gasteiger partial charge in [-0.05, 0) is 30.9 Å². The van der Waals surface area contributed by atoms with Crippen LogP contribution in [0.2, 0.25) is 0 Å². The predicted molar refractivity (Wildman–Crippen MR) is 67.4 cm³/mol. The average Bonchev–Trinajstić information content (AvgIpc) is 2.99. The molecule has 0 radical (unpaired) electrons. The minimum absolute atomic E-state index is 0.102. The van der Waals surface area contributed by atoms with Gasteiger partial charge in [-0.1, -0.05) is 6.92 Å². The molecule has 0 saturated heterocycles. The Hall–Kier alpha value is -0.430. The lowest BCUT2D eigenvalue weighted by molar-refractivity contribution is 0.285. The third kappa shape index (κ3) is 2.88. The number of sulfonamides is 1. The monoisotopic (exact) mass is 275 g/mol. The Morgan fingerprint density at radius 3 is 2.65 bits per heavy atom. The first-order valence-corrected chi connectivity index (χ1v) is 8.03. The summed E-state index contributed by atoms with van der Waals surface area (Å²) in [5, 5.41) is 8.97. The first-order valence-electron chi connectivity index (χ1n) is 5.77. The highest BCUT2D eigenvalue weighted by Gasteiger charge is 2.31. The van der Waals surface area contributed by atoms with Gasteiger partial charge < -0.3 is 5.11 Å². The molecule has 6 heteroatoms. The number of nitrogens with zero attached hydrogens (tertiary/aromatic N) is 1. The van der Waals surface area contributed by atoms with Crippen molar-refractivity contribution in [2.24, 2.45) is 5.92 Å². The van der Waals surface area contributed by atoms with Crippen molar-refractivity contribution in [1.29, 1.82) is 0 Å². The van der Waals surface area contributed by atoms with Crippen molar-refractivity contribution >= 4 is 21.4 Å². The van der Waals surface area contributed by atoms with Crippen LogP contribution in [0.1, 0.15) is 24.6 Å². The molecule has 1 saturated carbocycles. The van der Waals surface area contributed by atoms with Crippen molar-refractivity contribution in [3.05, 3.63) is 17.0 Å². The van der Waals surface area contributed by atoms with E-state index in [1.165, 1.54) is 4.31 Å². The van der Waals surface area contributed by atoms with Crippen LogP contribution in [-0.2, 0) is 16.6 Å². The summed E-state index contributed by atoms with van der Waals surface area (Å²) in [6.45, 7) is 2.89. The highest BCUT2D eigenvalue weighted by atomic mass is 32.2. The van der Waals surface area contributed by atoms with Crippen LogP contribution in [0.3, 0.4) is 0 Å². The highest BCUT2D eigenvalue weighted by Crippen LogP contribution is 2.32. The van der Waals surface area contributed by atoms with Crippen LogP contribution < -0.4 is 0 Å². The summed E-state index contributed by atoms with van der Waals surface area (Å²) in [5.41, 5.74) is 0. The van der Waals surface area contributed by atoms with Crippen LogP contribution in [0.4, 0.5) is 0 Å². The van der Waals surface area contributed by atoms with Crippen molar-refractivity contribution in [3.63, 3.8) is 0 Å². The maximum atomic E-state index is 12.3. The van der Waals surface area contributed by atoms with Gasteiger partial charge in [0, 0.05) is 18.0 Å². The van der Waals surface area contributed by atoms with Crippen LogP contribution in [0, 0.1) is 5.92 Å². The largest absolute Gasteiger partial charge is 0.391 e. The summed E-state index contributed by atoms with van der Waals surface area (Å²) in [6.07, 6.45) is 2.27. The van der Waals surface area contributed by atoms with Gasteiger partial charge in [0.15, 0.2) is 0 Å². The quantitative estimate of drug-likeness (QED) is 0.859. The number of aliphatic hydroxyl groups is 1. The normalized spacial score (nSPS) is 16.6. The minimum atomic E-state index is -3.35. The van der Waals surface area contributed by atoms with E-state index < -0.39 is 10.0 Å². The molecule has 0 bridgehead atoms. The maximum absolute atomic E-state index is 12.3. The molecule has 0 spiro atoms. The van der Waals surface area contributed by atoms with E-state index in [-0.39, 0.29) is 6.61 Å². The molecule has 96 valence electrons. The summed E-state index contributed by atoms with van der Waals surface area (Å²) in [7, 11) is -3.35. The number of aliphatic hydroxyl groups excluding tert-OH is 1. The minimum Gasteiger partial charge on any atom is -0.391 e. The molecule has 17 heavy (non-hydrogen) atoms. The van der Waals surface area contributed by atoms with Crippen molar-refractivity contribution in [2.45, 2.75) is 30.6 Å². The first kappa shape index (κ1) is 13.0. The Labute approximate surface area is 106 Å². The molecule has 0 atom stereocenters. The van der Waals surface area contributed by atoms with Crippen LogP contribution in [0.5, 0.6) is 0 Å². The van der Waals surface area contributed by atoms with Crippen LogP contribution in [-0.4, -0.2) is 30.9 Å². The molecular formula is C11H17NO3S2. The third-order valence-electron chi connectivity index (χ3n) is 2.90. The van der Waals surface area contributed by atoms with Gasteiger partial charge in [0.1, 0.15) is 4.21 Å². The fourth-order valence-corrected chi connectivity index (χ4v) is 4.59. The summed E-state index contributed by atoms with van der Waals surface area (Å²) < 4.78 is 26.5. The van der Waals surface area contributed by atoms with E-state index in [0.717, 1.165) is 24.2 Å². The van der Waals surface area contributed by atoms with Crippen molar-refractivity contribution < 1.29 is 13.5 Å². The lowest BCUT2D eigenvalue weighted by Crippen LogP contribution is -2.32. The van der Waals surface area contributed by atoms with Gasteiger partial charge in [-0.15, -0.1) is 11.3 Å². The lowest BCUT2D eigenvalue weighted by atomic mass is 10.4. The maximum Gasteiger partial charge on any atom is 0.252 e. The number of rotatable bonds is 6. The van der Waals surface area contributed by atoms with Crippen molar-refractivity contribution in [1.82, 2.24) is 4.31 Å².